The number of nitrogens with zero attached hydrogens (tertiary/aromatic N) is 2. The Labute approximate surface area is 129 Å². The molecule has 0 spiro atoms. The predicted octanol–water partition coefficient (Wildman–Crippen LogP) is 2.52. The van der Waals surface area contributed by atoms with E-state index >= 15 is 0 Å². The molecule has 1 aromatic heterocycles. The molecule has 1 aliphatic heterocycles. The molecule has 0 unspecified atom stereocenters. The fourth-order valence-corrected chi connectivity index (χ4v) is 4.43. The summed E-state index contributed by atoms with van der Waals surface area (Å²) < 4.78 is 26.9. The molecule has 2 heterocycles. The summed E-state index contributed by atoms with van der Waals surface area (Å²) >= 11 is 6.01. The molecular weight excluding hydrogens is 308 g/mol. The van der Waals surface area contributed by atoms with Crippen LogP contribution in [0.4, 0.5) is 0 Å². The van der Waals surface area contributed by atoms with Crippen molar-refractivity contribution in [3.8, 4) is 0 Å². The van der Waals surface area contributed by atoms with Crippen LogP contribution in [0.5, 0.6) is 0 Å². The smallest absolute Gasteiger partial charge is 0.246 e. The quantitative estimate of drug-likeness (QED) is 0.853. The minimum atomic E-state index is -3.59. The average Bonchev–Trinajstić information content (AvgIpc) is 2.70. The molecule has 0 saturated carbocycles. The standard InChI is InChI=1S/C15H15ClN2O2S/c16-14-5-8-17-11-15(14)21(19,20)18-9-6-12-3-1-2-4-13(12)7-10-18/h1-5,8,11H,6-7,9-10H2. The van der Waals surface area contributed by atoms with Crippen molar-refractivity contribution in [2.45, 2.75) is 17.7 Å². The van der Waals surface area contributed by atoms with Crippen molar-refractivity contribution in [2.24, 2.45) is 0 Å². The van der Waals surface area contributed by atoms with Gasteiger partial charge in [0.25, 0.3) is 0 Å². The number of benzene rings is 1. The van der Waals surface area contributed by atoms with Crippen molar-refractivity contribution in [1.29, 1.82) is 0 Å². The Bertz CT molecular complexity index is 735. The largest absolute Gasteiger partial charge is 0.263 e. The Morgan fingerprint density at radius 3 is 2.24 bits per heavy atom. The van der Waals surface area contributed by atoms with Gasteiger partial charge in [0.2, 0.25) is 10.0 Å². The third-order valence-electron chi connectivity index (χ3n) is 3.73. The van der Waals surface area contributed by atoms with E-state index in [4.69, 9.17) is 11.6 Å². The number of hydrogen-bond donors (Lipinski definition) is 0. The highest BCUT2D eigenvalue weighted by Crippen LogP contribution is 2.25. The highest BCUT2D eigenvalue weighted by molar-refractivity contribution is 7.89. The van der Waals surface area contributed by atoms with Crippen LogP contribution in [0.1, 0.15) is 11.1 Å². The van der Waals surface area contributed by atoms with Crippen LogP contribution < -0.4 is 0 Å². The van der Waals surface area contributed by atoms with Gasteiger partial charge in [0, 0.05) is 25.5 Å². The summed E-state index contributed by atoms with van der Waals surface area (Å²) in [6.45, 7) is 0.926. The van der Waals surface area contributed by atoms with Gasteiger partial charge in [-0.1, -0.05) is 35.9 Å². The van der Waals surface area contributed by atoms with Crippen LogP contribution in [0.2, 0.25) is 5.02 Å². The summed E-state index contributed by atoms with van der Waals surface area (Å²) in [7, 11) is -3.59. The molecule has 2 aromatic rings. The number of pyridine rings is 1. The van der Waals surface area contributed by atoms with E-state index in [1.807, 2.05) is 12.1 Å². The lowest BCUT2D eigenvalue weighted by Crippen LogP contribution is -2.33. The van der Waals surface area contributed by atoms with Crippen molar-refractivity contribution >= 4 is 21.6 Å². The minimum absolute atomic E-state index is 0.0811. The summed E-state index contributed by atoms with van der Waals surface area (Å²) in [5, 5.41) is 0.215. The summed E-state index contributed by atoms with van der Waals surface area (Å²) in [5.74, 6) is 0. The molecule has 0 radical (unpaired) electrons. The fraction of sp³-hybridized carbons (Fsp3) is 0.267. The second-order valence-corrected chi connectivity index (χ2v) is 7.29. The normalized spacial score (nSPS) is 16.2. The number of sulfonamides is 1. The van der Waals surface area contributed by atoms with E-state index in [2.05, 4.69) is 17.1 Å². The van der Waals surface area contributed by atoms with Gasteiger partial charge >= 0.3 is 0 Å². The first-order valence-corrected chi connectivity index (χ1v) is 8.57. The molecule has 1 aromatic carbocycles. The van der Waals surface area contributed by atoms with E-state index in [1.165, 1.54) is 33.9 Å². The van der Waals surface area contributed by atoms with Gasteiger partial charge in [-0.05, 0) is 30.0 Å². The van der Waals surface area contributed by atoms with E-state index in [1.54, 1.807) is 0 Å². The van der Waals surface area contributed by atoms with Crippen molar-refractivity contribution in [1.82, 2.24) is 9.29 Å². The zero-order chi connectivity index (χ0) is 14.9. The van der Waals surface area contributed by atoms with Crippen molar-refractivity contribution < 1.29 is 8.42 Å². The molecule has 0 bridgehead atoms. The van der Waals surface area contributed by atoms with Gasteiger partial charge in [0.05, 0.1) is 5.02 Å². The van der Waals surface area contributed by atoms with Crippen molar-refractivity contribution in [3.05, 3.63) is 58.9 Å². The van der Waals surface area contributed by atoms with E-state index in [-0.39, 0.29) is 9.92 Å². The van der Waals surface area contributed by atoms with Gasteiger partial charge in [-0.15, -0.1) is 0 Å². The van der Waals surface area contributed by atoms with Crippen LogP contribution >= 0.6 is 11.6 Å². The Morgan fingerprint density at radius 2 is 1.67 bits per heavy atom. The lowest BCUT2D eigenvalue weighted by atomic mass is 10.0. The first kappa shape index (κ1) is 14.5. The molecule has 0 aliphatic carbocycles. The lowest BCUT2D eigenvalue weighted by Gasteiger charge is -2.20. The molecule has 0 saturated heterocycles. The number of rotatable bonds is 2. The van der Waals surface area contributed by atoms with Crippen molar-refractivity contribution in [2.75, 3.05) is 13.1 Å². The van der Waals surface area contributed by atoms with Crippen LogP contribution in [0.25, 0.3) is 0 Å². The van der Waals surface area contributed by atoms with E-state index in [9.17, 15) is 8.42 Å². The first-order valence-electron chi connectivity index (χ1n) is 6.75. The SMILES string of the molecule is O=S(=O)(c1cnccc1Cl)N1CCc2ccccc2CC1. The summed E-state index contributed by atoms with van der Waals surface area (Å²) in [5.41, 5.74) is 2.43. The summed E-state index contributed by atoms with van der Waals surface area (Å²) in [6, 6.07) is 9.59. The van der Waals surface area contributed by atoms with Crippen LogP contribution in [-0.2, 0) is 22.9 Å². The maximum atomic E-state index is 12.7. The van der Waals surface area contributed by atoms with Gasteiger partial charge in [0.1, 0.15) is 4.90 Å². The topological polar surface area (TPSA) is 50.3 Å². The molecule has 6 heteroatoms. The molecule has 0 atom stereocenters. The maximum absolute atomic E-state index is 12.7. The highest BCUT2D eigenvalue weighted by Gasteiger charge is 2.28. The van der Waals surface area contributed by atoms with E-state index in [0.717, 1.165) is 0 Å². The number of hydrogen-bond acceptors (Lipinski definition) is 3. The van der Waals surface area contributed by atoms with Gasteiger partial charge in [-0.3, -0.25) is 4.98 Å². The van der Waals surface area contributed by atoms with Crippen LogP contribution in [-0.4, -0.2) is 30.8 Å². The minimum Gasteiger partial charge on any atom is -0.263 e. The second kappa shape index (κ2) is 5.75. The van der Waals surface area contributed by atoms with Crippen molar-refractivity contribution in [3.63, 3.8) is 0 Å². The molecule has 0 amide bonds. The van der Waals surface area contributed by atoms with Crippen LogP contribution in [0, 0.1) is 0 Å². The molecular formula is C15H15ClN2O2S. The molecule has 1 aliphatic rings. The van der Waals surface area contributed by atoms with Crippen LogP contribution in [0.3, 0.4) is 0 Å². The van der Waals surface area contributed by atoms with Crippen LogP contribution in [0.15, 0.2) is 47.6 Å². The van der Waals surface area contributed by atoms with E-state index in [0.29, 0.717) is 25.9 Å². The molecule has 110 valence electrons. The second-order valence-electron chi connectivity index (χ2n) is 4.98. The third-order valence-corrected chi connectivity index (χ3v) is 6.10. The summed E-state index contributed by atoms with van der Waals surface area (Å²) in [4.78, 5) is 3.96. The number of halogens is 1. The van der Waals surface area contributed by atoms with E-state index < -0.39 is 10.0 Å². The zero-order valence-corrected chi connectivity index (χ0v) is 12.9. The van der Waals surface area contributed by atoms with Gasteiger partial charge in [-0.25, -0.2) is 8.42 Å². The fourth-order valence-electron chi connectivity index (χ4n) is 2.58. The van der Waals surface area contributed by atoms with Gasteiger partial charge in [0.15, 0.2) is 0 Å². The van der Waals surface area contributed by atoms with Gasteiger partial charge in [-0.2, -0.15) is 4.31 Å². The zero-order valence-electron chi connectivity index (χ0n) is 11.4. The third kappa shape index (κ3) is 2.81. The highest BCUT2D eigenvalue weighted by atomic mass is 35.5. The molecule has 0 fully saturated rings. The molecule has 4 nitrogen and oxygen atoms in total. The molecule has 21 heavy (non-hydrogen) atoms. The Balaban J connectivity index is 1.91. The Hall–Kier alpha value is -1.43. The lowest BCUT2D eigenvalue weighted by molar-refractivity contribution is 0.426. The maximum Gasteiger partial charge on any atom is 0.246 e. The monoisotopic (exact) mass is 322 g/mol. The van der Waals surface area contributed by atoms with Gasteiger partial charge < -0.3 is 0 Å². The predicted molar refractivity (Wildman–Crippen MR) is 81.9 cm³/mol. The molecule has 3 rings (SSSR count). The number of aromatic nitrogens is 1. The first-order chi connectivity index (χ1) is 10.1. The summed E-state index contributed by atoms with van der Waals surface area (Å²) in [6.07, 6.45) is 4.23. The average molecular weight is 323 g/mol. The Kier molecular flexibility index (Phi) is 3.97. The Morgan fingerprint density at radius 1 is 1.05 bits per heavy atom. The number of fused-ring (bicyclic) bond motifs is 1. The molecule has 0 N–H and O–H groups in total.